The Morgan fingerprint density at radius 1 is 1.12 bits per heavy atom. The number of nitriles is 1. The van der Waals surface area contributed by atoms with Crippen molar-refractivity contribution >= 4 is 17.3 Å². The smallest absolute Gasteiger partial charge is 0.374 e. The Kier molecular flexibility index (Phi) is 5.09. The molecule has 0 aromatic heterocycles. The van der Waals surface area contributed by atoms with Crippen LogP contribution in [-0.2, 0) is 11.0 Å². The van der Waals surface area contributed by atoms with Gasteiger partial charge in [-0.05, 0) is 37.3 Å². The van der Waals surface area contributed by atoms with E-state index in [1.165, 1.54) is 19.1 Å². The molecule has 124 valence electrons. The number of carbonyl (C=O) groups excluding carboxylic acids is 1. The molecule has 2 aromatic carbocycles. The van der Waals surface area contributed by atoms with Crippen LogP contribution in [-0.4, -0.2) is 11.9 Å². The molecule has 2 N–H and O–H groups in total. The molecule has 0 aliphatic heterocycles. The fraction of sp³-hybridized carbons (Fsp3) is 0.176. The summed E-state index contributed by atoms with van der Waals surface area (Å²) < 4.78 is 38.8. The van der Waals surface area contributed by atoms with Crippen LogP contribution in [0.25, 0.3) is 0 Å². The number of hydrogen-bond donors (Lipinski definition) is 2. The lowest BCUT2D eigenvalue weighted by Crippen LogP contribution is -2.32. The number of carbonyl (C=O) groups is 1. The van der Waals surface area contributed by atoms with Crippen LogP contribution in [0.1, 0.15) is 18.1 Å². The fourth-order valence-electron chi connectivity index (χ4n) is 2.05. The number of para-hydroxylation sites is 1. The zero-order valence-electron chi connectivity index (χ0n) is 12.7. The average Bonchev–Trinajstić information content (AvgIpc) is 2.55. The van der Waals surface area contributed by atoms with Gasteiger partial charge in [0.2, 0.25) is 5.91 Å². The summed E-state index contributed by atoms with van der Waals surface area (Å²) >= 11 is 0. The van der Waals surface area contributed by atoms with Crippen LogP contribution in [0.5, 0.6) is 0 Å². The number of amides is 1. The van der Waals surface area contributed by atoms with Gasteiger partial charge in [-0.15, -0.1) is 0 Å². The highest BCUT2D eigenvalue weighted by molar-refractivity contribution is 5.96. The van der Waals surface area contributed by atoms with Crippen LogP contribution >= 0.6 is 0 Å². The minimum absolute atomic E-state index is 0.108. The van der Waals surface area contributed by atoms with Crippen molar-refractivity contribution in [3.63, 3.8) is 0 Å². The molecule has 2 rings (SSSR count). The summed E-state index contributed by atoms with van der Waals surface area (Å²) in [6.07, 6.45) is -4.64. The minimum Gasteiger partial charge on any atom is -0.374 e. The minimum atomic E-state index is -4.64. The third kappa shape index (κ3) is 4.26. The number of alkyl halides is 3. The topological polar surface area (TPSA) is 64.9 Å². The first-order valence-corrected chi connectivity index (χ1v) is 7.05. The molecule has 0 bridgehead atoms. The quantitative estimate of drug-likeness (QED) is 0.888. The van der Waals surface area contributed by atoms with E-state index in [1.807, 2.05) is 0 Å². The fourth-order valence-corrected chi connectivity index (χ4v) is 2.05. The van der Waals surface area contributed by atoms with Gasteiger partial charge in [0.1, 0.15) is 6.04 Å². The van der Waals surface area contributed by atoms with Crippen LogP contribution in [0.15, 0.2) is 48.5 Å². The Hall–Kier alpha value is -3.01. The number of hydrogen-bond acceptors (Lipinski definition) is 3. The van der Waals surface area contributed by atoms with Gasteiger partial charge in [-0.3, -0.25) is 4.79 Å². The van der Waals surface area contributed by atoms with Crippen molar-refractivity contribution in [1.29, 1.82) is 5.26 Å². The van der Waals surface area contributed by atoms with E-state index in [-0.39, 0.29) is 11.6 Å². The second-order valence-electron chi connectivity index (χ2n) is 5.09. The maximum absolute atomic E-state index is 12.9. The van der Waals surface area contributed by atoms with E-state index < -0.39 is 23.3 Å². The Morgan fingerprint density at radius 3 is 2.38 bits per heavy atom. The van der Waals surface area contributed by atoms with Gasteiger partial charge in [0.05, 0.1) is 17.2 Å². The number of halogens is 3. The molecule has 0 aliphatic carbocycles. The maximum Gasteiger partial charge on any atom is 0.417 e. The molecule has 2 aromatic rings. The molecule has 1 unspecified atom stereocenters. The summed E-state index contributed by atoms with van der Waals surface area (Å²) in [7, 11) is 0. The van der Waals surface area contributed by atoms with Crippen LogP contribution < -0.4 is 10.6 Å². The van der Waals surface area contributed by atoms with Gasteiger partial charge >= 0.3 is 6.18 Å². The van der Waals surface area contributed by atoms with Crippen molar-refractivity contribution in [2.75, 3.05) is 10.6 Å². The van der Waals surface area contributed by atoms with Gasteiger partial charge in [-0.25, -0.2) is 0 Å². The number of rotatable bonds is 4. The molecule has 0 aliphatic rings. The molecule has 0 spiro atoms. The van der Waals surface area contributed by atoms with Crippen molar-refractivity contribution in [3.05, 3.63) is 59.7 Å². The number of anilines is 2. The lowest BCUT2D eigenvalue weighted by atomic mass is 10.1. The molecule has 24 heavy (non-hydrogen) atoms. The van der Waals surface area contributed by atoms with E-state index in [4.69, 9.17) is 5.26 Å². The molecule has 0 heterocycles. The van der Waals surface area contributed by atoms with Crippen LogP contribution in [0, 0.1) is 11.3 Å². The number of benzene rings is 2. The van der Waals surface area contributed by atoms with Crippen molar-refractivity contribution < 1.29 is 18.0 Å². The predicted molar refractivity (Wildman–Crippen MR) is 84.3 cm³/mol. The molecule has 0 saturated carbocycles. The largest absolute Gasteiger partial charge is 0.417 e. The molecule has 1 atom stereocenters. The third-order valence-electron chi connectivity index (χ3n) is 3.26. The average molecular weight is 333 g/mol. The Balaban J connectivity index is 2.13. The van der Waals surface area contributed by atoms with Crippen LogP contribution in [0.4, 0.5) is 24.5 Å². The molecule has 4 nitrogen and oxygen atoms in total. The second kappa shape index (κ2) is 7.04. The summed E-state index contributed by atoms with van der Waals surface area (Å²) in [5.41, 5.74) is -0.802. The molecule has 0 saturated heterocycles. The summed E-state index contributed by atoms with van der Waals surface area (Å²) in [6.45, 7) is 1.53. The molecular weight excluding hydrogens is 319 g/mol. The van der Waals surface area contributed by atoms with Gasteiger partial charge < -0.3 is 10.6 Å². The first kappa shape index (κ1) is 17.3. The predicted octanol–water partition coefficient (Wildman–Crippen LogP) is 4.02. The summed E-state index contributed by atoms with van der Waals surface area (Å²) in [5.74, 6) is -0.390. The van der Waals surface area contributed by atoms with E-state index in [1.54, 1.807) is 30.3 Å². The van der Waals surface area contributed by atoms with E-state index in [9.17, 15) is 18.0 Å². The Morgan fingerprint density at radius 2 is 1.79 bits per heavy atom. The van der Waals surface area contributed by atoms with Crippen molar-refractivity contribution in [1.82, 2.24) is 0 Å². The SMILES string of the molecule is CC(Nc1ccc(C#N)c(C(F)(F)F)c1)C(=O)Nc1ccccc1. The maximum atomic E-state index is 12.9. The standard InChI is InChI=1S/C17H14F3N3O/c1-11(16(24)23-13-5-3-2-4-6-13)22-14-8-7-12(10-21)15(9-14)17(18,19)20/h2-9,11,22H,1H3,(H,23,24). The molecule has 1 amide bonds. The van der Waals surface area contributed by atoms with Crippen molar-refractivity contribution in [2.45, 2.75) is 19.1 Å². The number of nitrogens with one attached hydrogen (secondary N) is 2. The number of nitrogens with zero attached hydrogens (tertiary/aromatic N) is 1. The highest BCUT2D eigenvalue weighted by atomic mass is 19.4. The third-order valence-corrected chi connectivity index (χ3v) is 3.26. The Bertz CT molecular complexity index is 767. The van der Waals surface area contributed by atoms with Crippen LogP contribution in [0.2, 0.25) is 0 Å². The van der Waals surface area contributed by atoms with Crippen molar-refractivity contribution in [2.24, 2.45) is 0 Å². The Labute approximate surface area is 136 Å². The van der Waals surface area contributed by atoms with E-state index in [0.29, 0.717) is 5.69 Å². The highest BCUT2D eigenvalue weighted by Gasteiger charge is 2.34. The summed E-state index contributed by atoms with van der Waals surface area (Å²) in [5, 5.41) is 14.1. The molecule has 7 heteroatoms. The van der Waals surface area contributed by atoms with Crippen LogP contribution in [0.3, 0.4) is 0 Å². The lowest BCUT2D eigenvalue weighted by molar-refractivity contribution is -0.137. The molecule has 0 radical (unpaired) electrons. The van der Waals surface area contributed by atoms with Gasteiger partial charge in [0, 0.05) is 11.4 Å². The van der Waals surface area contributed by atoms with Gasteiger partial charge in [-0.2, -0.15) is 18.4 Å². The zero-order chi connectivity index (χ0) is 17.7. The second-order valence-corrected chi connectivity index (χ2v) is 5.09. The first-order valence-electron chi connectivity index (χ1n) is 7.05. The van der Waals surface area contributed by atoms with Gasteiger partial charge in [0.25, 0.3) is 0 Å². The zero-order valence-corrected chi connectivity index (χ0v) is 12.7. The van der Waals surface area contributed by atoms with Gasteiger partial charge in [0.15, 0.2) is 0 Å². The normalized spacial score (nSPS) is 12.1. The molecule has 0 fully saturated rings. The van der Waals surface area contributed by atoms with E-state index in [0.717, 1.165) is 12.1 Å². The monoisotopic (exact) mass is 333 g/mol. The van der Waals surface area contributed by atoms with E-state index >= 15 is 0 Å². The lowest BCUT2D eigenvalue weighted by Gasteiger charge is -2.17. The van der Waals surface area contributed by atoms with Gasteiger partial charge in [-0.1, -0.05) is 18.2 Å². The summed E-state index contributed by atoms with van der Waals surface area (Å²) in [6, 6.07) is 12.7. The van der Waals surface area contributed by atoms with Crippen molar-refractivity contribution in [3.8, 4) is 6.07 Å². The summed E-state index contributed by atoms with van der Waals surface area (Å²) in [4.78, 5) is 12.1. The first-order chi connectivity index (χ1) is 11.3. The van der Waals surface area contributed by atoms with E-state index in [2.05, 4.69) is 10.6 Å². The molecular formula is C17H14F3N3O. The highest BCUT2D eigenvalue weighted by Crippen LogP contribution is 2.33.